The predicted octanol–water partition coefficient (Wildman–Crippen LogP) is 1.80. The van der Waals surface area contributed by atoms with Gasteiger partial charge in [0.15, 0.2) is 0 Å². The van der Waals surface area contributed by atoms with Gasteiger partial charge in [-0.3, -0.25) is 0 Å². The van der Waals surface area contributed by atoms with Crippen molar-refractivity contribution in [3.05, 3.63) is 42.5 Å². The van der Waals surface area contributed by atoms with Crippen molar-refractivity contribution < 1.29 is 4.39 Å². The molecule has 0 saturated heterocycles. The Morgan fingerprint density at radius 1 is 1.75 bits per heavy atom. The van der Waals surface area contributed by atoms with E-state index in [1.165, 1.54) is 6.20 Å². The molecule has 1 heterocycles. The van der Waals surface area contributed by atoms with Gasteiger partial charge in [-0.2, -0.15) is 4.39 Å². The normalized spacial score (nSPS) is 12.5. The summed E-state index contributed by atoms with van der Waals surface area (Å²) in [4.78, 5) is 3.50. The first-order valence-corrected chi connectivity index (χ1v) is 3.72. The highest BCUT2D eigenvalue weighted by Gasteiger charge is 2.09. The molecular weight excluding hydrogens is 155 g/mol. The smallest absolute Gasteiger partial charge is 0.217 e. The van der Waals surface area contributed by atoms with Crippen LogP contribution < -0.4 is 5.73 Å². The Kier molecular flexibility index (Phi) is 2.94. The second-order valence-electron chi connectivity index (χ2n) is 2.51. The number of hydrogen-bond donors (Lipinski definition) is 1. The van der Waals surface area contributed by atoms with Crippen LogP contribution >= 0.6 is 0 Å². The fourth-order valence-electron chi connectivity index (χ4n) is 0.982. The number of rotatable bonds is 3. The summed E-state index contributed by atoms with van der Waals surface area (Å²) in [6, 6.07) is 2.97. The van der Waals surface area contributed by atoms with Gasteiger partial charge in [0.2, 0.25) is 5.95 Å². The maximum absolute atomic E-state index is 12.9. The van der Waals surface area contributed by atoms with Crippen LogP contribution in [0.1, 0.15) is 18.0 Å². The molecule has 1 aromatic rings. The zero-order valence-corrected chi connectivity index (χ0v) is 6.70. The van der Waals surface area contributed by atoms with Crippen molar-refractivity contribution in [2.24, 2.45) is 5.73 Å². The van der Waals surface area contributed by atoms with Gasteiger partial charge < -0.3 is 5.73 Å². The lowest BCUT2D eigenvalue weighted by molar-refractivity contribution is 0.545. The van der Waals surface area contributed by atoms with E-state index >= 15 is 0 Å². The van der Waals surface area contributed by atoms with E-state index in [-0.39, 0.29) is 6.04 Å². The lowest BCUT2D eigenvalue weighted by Crippen LogP contribution is -2.11. The van der Waals surface area contributed by atoms with Gasteiger partial charge in [0.25, 0.3) is 0 Å². The quantitative estimate of drug-likeness (QED) is 0.549. The standard InChI is InChI=1S/C9H11FN2/c1-2-4-8(11)7-5-3-6-12-9(7)10/h2-3,5-6,8H,1,4,11H2/t8-/m1/s1. The molecule has 1 rings (SSSR count). The topological polar surface area (TPSA) is 38.9 Å². The third-order valence-electron chi connectivity index (χ3n) is 1.61. The van der Waals surface area contributed by atoms with Crippen LogP contribution in [0.25, 0.3) is 0 Å². The lowest BCUT2D eigenvalue weighted by Gasteiger charge is -2.08. The molecule has 0 aliphatic carbocycles. The summed E-state index contributed by atoms with van der Waals surface area (Å²) in [7, 11) is 0. The van der Waals surface area contributed by atoms with Crippen molar-refractivity contribution in [1.29, 1.82) is 0 Å². The first-order valence-electron chi connectivity index (χ1n) is 3.72. The zero-order valence-electron chi connectivity index (χ0n) is 6.70. The van der Waals surface area contributed by atoms with Gasteiger partial charge in [0, 0.05) is 17.8 Å². The molecule has 0 bridgehead atoms. The van der Waals surface area contributed by atoms with Gasteiger partial charge in [-0.05, 0) is 12.5 Å². The van der Waals surface area contributed by atoms with Crippen LogP contribution in [0.15, 0.2) is 31.0 Å². The van der Waals surface area contributed by atoms with Gasteiger partial charge in [0.05, 0.1) is 0 Å². The molecule has 2 N–H and O–H groups in total. The van der Waals surface area contributed by atoms with Crippen LogP contribution in [0.4, 0.5) is 4.39 Å². The van der Waals surface area contributed by atoms with E-state index in [1.807, 2.05) is 0 Å². The monoisotopic (exact) mass is 166 g/mol. The fraction of sp³-hybridized carbons (Fsp3) is 0.222. The Morgan fingerprint density at radius 3 is 3.08 bits per heavy atom. The third-order valence-corrected chi connectivity index (χ3v) is 1.61. The summed E-state index contributed by atoms with van der Waals surface area (Å²) in [5, 5.41) is 0. The van der Waals surface area contributed by atoms with Crippen LogP contribution in [-0.4, -0.2) is 4.98 Å². The fourth-order valence-corrected chi connectivity index (χ4v) is 0.982. The molecule has 0 amide bonds. The second-order valence-corrected chi connectivity index (χ2v) is 2.51. The van der Waals surface area contributed by atoms with Crippen LogP contribution in [-0.2, 0) is 0 Å². The summed E-state index contributed by atoms with van der Waals surface area (Å²) in [5.74, 6) is -0.494. The van der Waals surface area contributed by atoms with E-state index in [1.54, 1.807) is 18.2 Å². The SMILES string of the molecule is C=CC[C@@H](N)c1cccnc1F. The number of pyridine rings is 1. The minimum atomic E-state index is -0.494. The van der Waals surface area contributed by atoms with Crippen LogP contribution in [0.3, 0.4) is 0 Å². The maximum atomic E-state index is 12.9. The van der Waals surface area contributed by atoms with Gasteiger partial charge >= 0.3 is 0 Å². The van der Waals surface area contributed by atoms with Crippen LogP contribution in [0.2, 0.25) is 0 Å². The van der Waals surface area contributed by atoms with Crippen molar-refractivity contribution in [3.63, 3.8) is 0 Å². The van der Waals surface area contributed by atoms with Crippen molar-refractivity contribution in [1.82, 2.24) is 4.98 Å². The first kappa shape index (κ1) is 8.87. The molecule has 0 radical (unpaired) electrons. The lowest BCUT2D eigenvalue weighted by atomic mass is 10.1. The molecule has 1 aromatic heterocycles. The Morgan fingerprint density at radius 2 is 2.50 bits per heavy atom. The Bertz CT molecular complexity index is 273. The average molecular weight is 166 g/mol. The van der Waals surface area contributed by atoms with E-state index in [2.05, 4.69) is 11.6 Å². The van der Waals surface area contributed by atoms with Crippen molar-refractivity contribution >= 4 is 0 Å². The van der Waals surface area contributed by atoms with E-state index in [4.69, 9.17) is 5.73 Å². The van der Waals surface area contributed by atoms with Crippen molar-refractivity contribution in [3.8, 4) is 0 Å². The number of aromatic nitrogens is 1. The molecule has 12 heavy (non-hydrogen) atoms. The summed E-state index contributed by atoms with van der Waals surface area (Å²) in [6.07, 6.45) is 3.62. The Hall–Kier alpha value is -1.22. The second kappa shape index (κ2) is 3.97. The number of hydrogen-bond acceptors (Lipinski definition) is 2. The molecule has 0 aliphatic heterocycles. The molecule has 3 heteroatoms. The van der Waals surface area contributed by atoms with Crippen LogP contribution in [0.5, 0.6) is 0 Å². The van der Waals surface area contributed by atoms with E-state index in [0.29, 0.717) is 12.0 Å². The average Bonchev–Trinajstić information content (AvgIpc) is 2.05. The van der Waals surface area contributed by atoms with Crippen molar-refractivity contribution in [2.45, 2.75) is 12.5 Å². The largest absolute Gasteiger partial charge is 0.324 e. The molecule has 1 atom stereocenters. The predicted molar refractivity (Wildman–Crippen MR) is 45.9 cm³/mol. The minimum absolute atomic E-state index is 0.337. The Balaban J connectivity index is 2.86. The summed E-state index contributed by atoms with van der Waals surface area (Å²) >= 11 is 0. The summed E-state index contributed by atoms with van der Waals surface area (Å²) in [5.41, 5.74) is 6.10. The van der Waals surface area contributed by atoms with E-state index in [9.17, 15) is 4.39 Å². The summed E-state index contributed by atoms with van der Waals surface area (Å²) in [6.45, 7) is 3.53. The summed E-state index contributed by atoms with van der Waals surface area (Å²) < 4.78 is 12.9. The first-order chi connectivity index (χ1) is 5.75. The Labute approximate surface area is 70.9 Å². The zero-order chi connectivity index (χ0) is 8.97. The molecular formula is C9H11FN2. The van der Waals surface area contributed by atoms with Gasteiger partial charge in [-0.15, -0.1) is 6.58 Å². The van der Waals surface area contributed by atoms with Gasteiger partial charge in [-0.25, -0.2) is 4.98 Å². The molecule has 0 aromatic carbocycles. The number of halogens is 1. The van der Waals surface area contributed by atoms with Gasteiger partial charge in [0.1, 0.15) is 0 Å². The highest BCUT2D eigenvalue weighted by atomic mass is 19.1. The van der Waals surface area contributed by atoms with Crippen molar-refractivity contribution in [2.75, 3.05) is 0 Å². The highest BCUT2D eigenvalue weighted by Crippen LogP contribution is 2.15. The minimum Gasteiger partial charge on any atom is -0.324 e. The molecule has 0 unspecified atom stereocenters. The van der Waals surface area contributed by atoms with Gasteiger partial charge in [-0.1, -0.05) is 12.1 Å². The number of nitrogens with zero attached hydrogens (tertiary/aromatic N) is 1. The molecule has 64 valence electrons. The molecule has 2 nitrogen and oxygen atoms in total. The third kappa shape index (κ3) is 1.89. The van der Waals surface area contributed by atoms with E-state index < -0.39 is 5.95 Å². The molecule has 0 spiro atoms. The van der Waals surface area contributed by atoms with Crippen LogP contribution in [0, 0.1) is 5.95 Å². The highest BCUT2D eigenvalue weighted by molar-refractivity contribution is 5.15. The number of nitrogens with two attached hydrogens (primary N) is 1. The molecule has 0 aliphatic rings. The maximum Gasteiger partial charge on any atom is 0.217 e. The molecule has 0 fully saturated rings. The van der Waals surface area contributed by atoms with E-state index in [0.717, 1.165) is 0 Å². The molecule has 0 saturated carbocycles.